The number of fused-ring (bicyclic) bond motifs is 1. The average Bonchev–Trinajstić information content (AvgIpc) is 2.82. The molecule has 0 saturated carbocycles. The Morgan fingerprint density at radius 1 is 1.39 bits per heavy atom. The van der Waals surface area contributed by atoms with Gasteiger partial charge in [0.25, 0.3) is 0 Å². The Labute approximate surface area is 116 Å². The SMILES string of the molecule is Cc1ncc(CNC2CCSc3ccccc32)s1. The number of thiazole rings is 1. The molecule has 0 spiro atoms. The lowest BCUT2D eigenvalue weighted by atomic mass is 10.0. The van der Waals surface area contributed by atoms with Crippen LogP contribution in [0.4, 0.5) is 0 Å². The van der Waals surface area contributed by atoms with Gasteiger partial charge in [0.1, 0.15) is 0 Å². The number of nitrogens with one attached hydrogen (secondary N) is 1. The van der Waals surface area contributed by atoms with E-state index in [-0.39, 0.29) is 0 Å². The molecule has 0 fully saturated rings. The van der Waals surface area contributed by atoms with Crippen molar-refractivity contribution in [2.45, 2.75) is 30.8 Å². The molecule has 1 aromatic heterocycles. The third kappa shape index (κ3) is 2.60. The van der Waals surface area contributed by atoms with Gasteiger partial charge in [-0.15, -0.1) is 23.1 Å². The maximum absolute atomic E-state index is 4.30. The molecule has 2 nitrogen and oxygen atoms in total. The lowest BCUT2D eigenvalue weighted by Gasteiger charge is -2.25. The highest BCUT2D eigenvalue weighted by Gasteiger charge is 2.19. The standard InChI is InChI=1S/C14H16N2S2/c1-10-15-8-11(18-10)9-16-13-6-7-17-14-5-3-2-4-12(13)14/h2-5,8,13,16H,6-7,9H2,1H3. The molecule has 0 bridgehead atoms. The first kappa shape index (κ1) is 12.2. The molecular weight excluding hydrogens is 260 g/mol. The molecule has 1 aliphatic rings. The molecule has 1 aromatic carbocycles. The van der Waals surface area contributed by atoms with Gasteiger partial charge in [0.15, 0.2) is 0 Å². The Bertz CT molecular complexity index is 536. The Morgan fingerprint density at radius 3 is 3.11 bits per heavy atom. The van der Waals surface area contributed by atoms with Crippen molar-refractivity contribution in [1.29, 1.82) is 0 Å². The first-order valence-electron chi connectivity index (χ1n) is 6.19. The second-order valence-corrected chi connectivity index (χ2v) is 6.91. The fraction of sp³-hybridized carbons (Fsp3) is 0.357. The Kier molecular flexibility index (Phi) is 3.68. The van der Waals surface area contributed by atoms with E-state index in [1.165, 1.54) is 27.5 Å². The molecule has 0 radical (unpaired) electrons. The van der Waals surface area contributed by atoms with E-state index in [2.05, 4.69) is 41.5 Å². The second-order valence-electron chi connectivity index (χ2n) is 4.45. The van der Waals surface area contributed by atoms with Gasteiger partial charge < -0.3 is 5.32 Å². The maximum atomic E-state index is 4.30. The minimum Gasteiger partial charge on any atom is -0.305 e. The number of thioether (sulfide) groups is 1. The summed E-state index contributed by atoms with van der Waals surface area (Å²) in [4.78, 5) is 7.05. The highest BCUT2D eigenvalue weighted by Crippen LogP contribution is 2.35. The quantitative estimate of drug-likeness (QED) is 0.923. The molecule has 0 amide bonds. The number of nitrogens with zero attached hydrogens (tertiary/aromatic N) is 1. The van der Waals surface area contributed by atoms with Crippen molar-refractivity contribution >= 4 is 23.1 Å². The molecule has 0 saturated heterocycles. The van der Waals surface area contributed by atoms with E-state index >= 15 is 0 Å². The highest BCUT2D eigenvalue weighted by molar-refractivity contribution is 7.99. The molecule has 1 aliphatic heterocycles. The molecule has 2 heterocycles. The molecule has 1 atom stereocenters. The van der Waals surface area contributed by atoms with Gasteiger partial charge in [-0.05, 0) is 30.7 Å². The number of aromatic nitrogens is 1. The minimum absolute atomic E-state index is 0.491. The van der Waals surface area contributed by atoms with Gasteiger partial charge in [0.2, 0.25) is 0 Å². The zero-order valence-corrected chi connectivity index (χ0v) is 12.0. The number of hydrogen-bond acceptors (Lipinski definition) is 4. The normalized spacial score (nSPS) is 18.6. The molecule has 2 aromatic rings. The summed E-state index contributed by atoms with van der Waals surface area (Å²) in [7, 11) is 0. The van der Waals surface area contributed by atoms with E-state index in [0.717, 1.165) is 11.6 Å². The van der Waals surface area contributed by atoms with Gasteiger partial charge in [-0.25, -0.2) is 4.98 Å². The van der Waals surface area contributed by atoms with E-state index in [1.807, 2.05) is 18.0 Å². The smallest absolute Gasteiger partial charge is 0.0897 e. The van der Waals surface area contributed by atoms with Crippen LogP contribution in [0.3, 0.4) is 0 Å². The summed E-state index contributed by atoms with van der Waals surface area (Å²) < 4.78 is 0. The number of hydrogen-bond donors (Lipinski definition) is 1. The largest absolute Gasteiger partial charge is 0.305 e. The predicted octanol–water partition coefficient (Wildman–Crippen LogP) is 3.78. The van der Waals surface area contributed by atoms with Crippen LogP contribution >= 0.6 is 23.1 Å². The molecule has 94 valence electrons. The average molecular weight is 276 g/mol. The van der Waals surface area contributed by atoms with Crippen LogP contribution in [0.25, 0.3) is 0 Å². The first-order chi connectivity index (χ1) is 8.83. The summed E-state index contributed by atoms with van der Waals surface area (Å²) in [6.07, 6.45) is 3.19. The van der Waals surface area contributed by atoms with Crippen molar-refractivity contribution in [3.05, 3.63) is 45.9 Å². The summed E-state index contributed by atoms with van der Waals surface area (Å²) in [5, 5.41) is 4.81. The third-order valence-electron chi connectivity index (χ3n) is 3.15. The van der Waals surface area contributed by atoms with Gasteiger partial charge in [-0.3, -0.25) is 0 Å². The van der Waals surface area contributed by atoms with Gasteiger partial charge in [0, 0.05) is 28.6 Å². The molecule has 1 unspecified atom stereocenters. The topological polar surface area (TPSA) is 24.9 Å². The summed E-state index contributed by atoms with van der Waals surface area (Å²) in [5.74, 6) is 1.20. The van der Waals surface area contributed by atoms with Crippen molar-refractivity contribution in [3.8, 4) is 0 Å². The summed E-state index contributed by atoms with van der Waals surface area (Å²) in [6.45, 7) is 2.98. The van der Waals surface area contributed by atoms with Gasteiger partial charge in [-0.2, -0.15) is 0 Å². The fourth-order valence-electron chi connectivity index (χ4n) is 2.26. The van der Waals surface area contributed by atoms with Crippen molar-refractivity contribution < 1.29 is 0 Å². The second kappa shape index (κ2) is 5.43. The summed E-state index contributed by atoms with van der Waals surface area (Å²) in [5.41, 5.74) is 1.45. The van der Waals surface area contributed by atoms with E-state index in [4.69, 9.17) is 0 Å². The third-order valence-corrected chi connectivity index (χ3v) is 5.19. The van der Waals surface area contributed by atoms with Crippen LogP contribution in [0.5, 0.6) is 0 Å². The zero-order valence-electron chi connectivity index (χ0n) is 10.3. The van der Waals surface area contributed by atoms with Crippen molar-refractivity contribution in [3.63, 3.8) is 0 Å². The van der Waals surface area contributed by atoms with E-state index in [1.54, 1.807) is 11.3 Å². The van der Waals surface area contributed by atoms with Gasteiger partial charge in [-0.1, -0.05) is 18.2 Å². The number of rotatable bonds is 3. The van der Waals surface area contributed by atoms with Crippen LogP contribution < -0.4 is 5.32 Å². The predicted molar refractivity (Wildman–Crippen MR) is 78.2 cm³/mol. The molecule has 3 rings (SSSR count). The van der Waals surface area contributed by atoms with E-state index in [9.17, 15) is 0 Å². The molecule has 0 aliphatic carbocycles. The van der Waals surface area contributed by atoms with Crippen LogP contribution in [-0.4, -0.2) is 10.7 Å². The van der Waals surface area contributed by atoms with Gasteiger partial charge >= 0.3 is 0 Å². The maximum Gasteiger partial charge on any atom is 0.0897 e. The van der Waals surface area contributed by atoms with Crippen molar-refractivity contribution in [1.82, 2.24) is 10.3 Å². The van der Waals surface area contributed by atoms with Crippen LogP contribution in [0, 0.1) is 6.92 Å². The van der Waals surface area contributed by atoms with Crippen LogP contribution in [-0.2, 0) is 6.54 Å². The minimum atomic E-state index is 0.491. The summed E-state index contributed by atoms with van der Waals surface area (Å²) in [6, 6.07) is 9.23. The lowest BCUT2D eigenvalue weighted by Crippen LogP contribution is -2.23. The number of benzene rings is 1. The first-order valence-corrected chi connectivity index (χ1v) is 7.99. The van der Waals surface area contributed by atoms with Crippen LogP contribution in [0.1, 0.15) is 27.9 Å². The number of aryl methyl sites for hydroxylation is 1. The Balaban J connectivity index is 1.71. The fourth-order valence-corrected chi connectivity index (χ4v) is 4.14. The Morgan fingerprint density at radius 2 is 2.28 bits per heavy atom. The van der Waals surface area contributed by atoms with Crippen LogP contribution in [0.2, 0.25) is 0 Å². The highest BCUT2D eigenvalue weighted by atomic mass is 32.2. The lowest BCUT2D eigenvalue weighted by molar-refractivity contribution is 0.512. The van der Waals surface area contributed by atoms with Crippen molar-refractivity contribution in [2.75, 3.05) is 5.75 Å². The molecular formula is C14H16N2S2. The van der Waals surface area contributed by atoms with E-state index in [0.29, 0.717) is 6.04 Å². The summed E-state index contributed by atoms with van der Waals surface area (Å²) >= 11 is 3.75. The molecule has 1 N–H and O–H groups in total. The zero-order chi connectivity index (χ0) is 12.4. The molecule has 4 heteroatoms. The van der Waals surface area contributed by atoms with Crippen molar-refractivity contribution in [2.24, 2.45) is 0 Å². The Hall–Kier alpha value is -0.840. The van der Waals surface area contributed by atoms with E-state index < -0.39 is 0 Å². The molecule has 18 heavy (non-hydrogen) atoms. The van der Waals surface area contributed by atoms with Crippen LogP contribution in [0.15, 0.2) is 35.4 Å². The van der Waals surface area contributed by atoms with Gasteiger partial charge in [0.05, 0.1) is 5.01 Å². The monoisotopic (exact) mass is 276 g/mol.